The lowest BCUT2D eigenvalue weighted by molar-refractivity contribution is -0.374. The van der Waals surface area contributed by atoms with Gasteiger partial charge in [-0.1, -0.05) is 24.3 Å². The third kappa shape index (κ3) is 3.52. The Morgan fingerprint density at radius 2 is 1.74 bits per heavy atom. The van der Waals surface area contributed by atoms with E-state index in [9.17, 15) is 10.1 Å². The van der Waals surface area contributed by atoms with Crippen LogP contribution >= 0.6 is 31.9 Å². The maximum atomic E-state index is 11.2. The van der Waals surface area contributed by atoms with Crippen LogP contribution in [0.1, 0.15) is 11.1 Å². The molecule has 0 bridgehead atoms. The highest BCUT2D eigenvalue weighted by molar-refractivity contribution is 9.13. The molecule has 5 heteroatoms. The molecule has 2 aromatic carbocycles. The zero-order valence-electron chi connectivity index (χ0n) is 9.72. The van der Waals surface area contributed by atoms with Crippen LogP contribution in [-0.2, 0) is 0 Å². The molecule has 0 aliphatic heterocycles. The molecule has 2 aromatic rings. The lowest BCUT2D eigenvalue weighted by atomic mass is 10.1. The van der Waals surface area contributed by atoms with Crippen molar-refractivity contribution in [2.75, 3.05) is 0 Å². The number of nitro groups is 1. The average Bonchev–Trinajstić information content (AvgIpc) is 2.40. The van der Waals surface area contributed by atoms with E-state index >= 15 is 0 Å². The zero-order valence-corrected chi connectivity index (χ0v) is 12.9. The number of halogens is 2. The highest BCUT2D eigenvalue weighted by atomic mass is 79.9. The standard InChI is InChI=1S/C14H9Br2NO2/c15-12-7-6-10(8-13(12)16)9-14(17(18)19)11-4-2-1-3-5-11/h1-9H/b14-9+. The summed E-state index contributed by atoms with van der Waals surface area (Å²) in [6, 6.07) is 14.3. The molecule has 2 rings (SSSR count). The first kappa shape index (κ1) is 14.0. The molecule has 0 aromatic heterocycles. The number of nitrogens with zero attached hydrogens (tertiary/aromatic N) is 1. The lowest BCUT2D eigenvalue weighted by Gasteiger charge is -2.01. The van der Waals surface area contributed by atoms with Gasteiger partial charge in [-0.3, -0.25) is 10.1 Å². The van der Waals surface area contributed by atoms with Crippen molar-refractivity contribution in [2.45, 2.75) is 0 Å². The van der Waals surface area contributed by atoms with Crippen molar-refractivity contribution in [2.24, 2.45) is 0 Å². The van der Waals surface area contributed by atoms with Crippen LogP contribution in [0.3, 0.4) is 0 Å². The van der Waals surface area contributed by atoms with Gasteiger partial charge in [0.1, 0.15) is 0 Å². The normalized spacial score (nSPS) is 11.4. The summed E-state index contributed by atoms with van der Waals surface area (Å²) >= 11 is 6.75. The third-order valence-electron chi connectivity index (χ3n) is 2.51. The molecular weight excluding hydrogens is 374 g/mol. The van der Waals surface area contributed by atoms with Crippen molar-refractivity contribution in [1.29, 1.82) is 0 Å². The molecular formula is C14H9Br2NO2. The van der Waals surface area contributed by atoms with Crippen molar-refractivity contribution in [3.05, 3.63) is 78.7 Å². The number of hydrogen-bond acceptors (Lipinski definition) is 2. The van der Waals surface area contributed by atoms with Crippen LogP contribution in [0.15, 0.2) is 57.5 Å². The topological polar surface area (TPSA) is 43.1 Å². The summed E-state index contributed by atoms with van der Waals surface area (Å²) in [6.07, 6.45) is 1.56. The first-order chi connectivity index (χ1) is 9.08. The Balaban J connectivity index is 2.47. The zero-order chi connectivity index (χ0) is 13.8. The van der Waals surface area contributed by atoms with E-state index in [0.29, 0.717) is 5.56 Å². The molecule has 0 heterocycles. The molecule has 0 fully saturated rings. The molecule has 0 radical (unpaired) electrons. The van der Waals surface area contributed by atoms with E-state index < -0.39 is 0 Å². The molecule has 0 N–H and O–H groups in total. The molecule has 0 atom stereocenters. The fraction of sp³-hybridized carbons (Fsp3) is 0. The number of rotatable bonds is 3. The SMILES string of the molecule is O=[N+]([O-])/C(=C/c1ccc(Br)c(Br)c1)c1ccccc1. The molecule has 0 saturated carbocycles. The minimum atomic E-state index is -0.370. The largest absolute Gasteiger partial charge is 0.277 e. The van der Waals surface area contributed by atoms with Gasteiger partial charge in [0, 0.05) is 15.0 Å². The fourth-order valence-corrected chi connectivity index (χ4v) is 2.25. The van der Waals surface area contributed by atoms with E-state index in [1.807, 2.05) is 24.3 Å². The summed E-state index contributed by atoms with van der Waals surface area (Å²) in [5.74, 6) is 0. The van der Waals surface area contributed by atoms with Crippen LogP contribution in [0.5, 0.6) is 0 Å². The van der Waals surface area contributed by atoms with Crippen molar-refractivity contribution in [3.63, 3.8) is 0 Å². The van der Waals surface area contributed by atoms with Crippen LogP contribution in [0.4, 0.5) is 0 Å². The Hall–Kier alpha value is -1.46. The molecule has 0 aliphatic carbocycles. The predicted molar refractivity (Wildman–Crippen MR) is 83.1 cm³/mol. The van der Waals surface area contributed by atoms with E-state index in [1.54, 1.807) is 30.3 Å². The number of benzene rings is 2. The van der Waals surface area contributed by atoms with Gasteiger partial charge in [-0.05, 0) is 61.7 Å². The van der Waals surface area contributed by atoms with E-state index in [4.69, 9.17) is 0 Å². The minimum absolute atomic E-state index is 0.0785. The van der Waals surface area contributed by atoms with Gasteiger partial charge in [0.15, 0.2) is 0 Å². The Morgan fingerprint density at radius 3 is 2.32 bits per heavy atom. The molecule has 0 unspecified atom stereocenters. The molecule has 96 valence electrons. The summed E-state index contributed by atoms with van der Waals surface area (Å²) < 4.78 is 1.77. The lowest BCUT2D eigenvalue weighted by Crippen LogP contribution is -1.97. The summed E-state index contributed by atoms with van der Waals surface area (Å²) in [6.45, 7) is 0. The fourth-order valence-electron chi connectivity index (χ4n) is 1.61. The Labute approximate surface area is 127 Å². The monoisotopic (exact) mass is 381 g/mol. The van der Waals surface area contributed by atoms with Gasteiger partial charge in [-0.15, -0.1) is 0 Å². The highest BCUT2D eigenvalue weighted by Crippen LogP contribution is 2.26. The summed E-state index contributed by atoms with van der Waals surface area (Å²) in [4.78, 5) is 10.8. The van der Waals surface area contributed by atoms with Gasteiger partial charge < -0.3 is 0 Å². The minimum Gasteiger partial charge on any atom is -0.258 e. The summed E-state index contributed by atoms with van der Waals surface area (Å²) in [5.41, 5.74) is 1.44. The van der Waals surface area contributed by atoms with Gasteiger partial charge in [0.2, 0.25) is 0 Å². The maximum Gasteiger partial charge on any atom is 0.277 e. The first-order valence-corrected chi connectivity index (χ1v) is 7.03. The van der Waals surface area contributed by atoms with Gasteiger partial charge >= 0.3 is 0 Å². The van der Waals surface area contributed by atoms with Crippen LogP contribution in [-0.4, -0.2) is 4.92 Å². The second kappa shape index (κ2) is 6.12. The van der Waals surface area contributed by atoms with Gasteiger partial charge in [-0.25, -0.2) is 0 Å². The quantitative estimate of drug-likeness (QED) is 0.426. The highest BCUT2D eigenvalue weighted by Gasteiger charge is 2.13. The van der Waals surface area contributed by atoms with Crippen LogP contribution in [0.2, 0.25) is 0 Å². The Morgan fingerprint density at radius 1 is 1.05 bits per heavy atom. The van der Waals surface area contributed by atoms with Crippen LogP contribution < -0.4 is 0 Å². The third-order valence-corrected chi connectivity index (χ3v) is 4.39. The summed E-state index contributed by atoms with van der Waals surface area (Å²) in [5, 5.41) is 11.2. The van der Waals surface area contributed by atoms with E-state index in [2.05, 4.69) is 31.9 Å². The first-order valence-electron chi connectivity index (χ1n) is 5.44. The Bertz CT molecular complexity index is 639. The molecule has 19 heavy (non-hydrogen) atoms. The second-order valence-corrected chi connectivity index (χ2v) is 5.53. The maximum absolute atomic E-state index is 11.2. The predicted octanol–water partition coefficient (Wildman–Crippen LogP) is 4.99. The van der Waals surface area contributed by atoms with Gasteiger partial charge in [-0.2, -0.15) is 0 Å². The van der Waals surface area contributed by atoms with Crippen molar-refractivity contribution >= 4 is 43.6 Å². The van der Waals surface area contributed by atoms with E-state index in [-0.39, 0.29) is 10.6 Å². The van der Waals surface area contributed by atoms with Crippen LogP contribution in [0.25, 0.3) is 11.8 Å². The van der Waals surface area contributed by atoms with Crippen LogP contribution in [0, 0.1) is 10.1 Å². The Kier molecular flexibility index (Phi) is 4.50. The van der Waals surface area contributed by atoms with E-state index in [1.165, 1.54) is 0 Å². The van der Waals surface area contributed by atoms with Crippen molar-refractivity contribution in [1.82, 2.24) is 0 Å². The second-order valence-electron chi connectivity index (χ2n) is 3.83. The van der Waals surface area contributed by atoms with Gasteiger partial charge in [0.05, 0.1) is 10.5 Å². The van der Waals surface area contributed by atoms with Crippen molar-refractivity contribution in [3.8, 4) is 0 Å². The summed E-state index contributed by atoms with van der Waals surface area (Å²) in [7, 11) is 0. The molecule has 0 amide bonds. The molecule has 0 saturated heterocycles. The number of hydrogen-bond donors (Lipinski definition) is 0. The van der Waals surface area contributed by atoms with E-state index in [0.717, 1.165) is 14.5 Å². The smallest absolute Gasteiger partial charge is 0.258 e. The van der Waals surface area contributed by atoms with Crippen molar-refractivity contribution < 1.29 is 4.92 Å². The average molecular weight is 383 g/mol. The molecule has 0 spiro atoms. The molecule has 0 aliphatic rings. The van der Waals surface area contributed by atoms with Gasteiger partial charge in [0.25, 0.3) is 5.70 Å². The molecule has 3 nitrogen and oxygen atoms in total.